The van der Waals surface area contributed by atoms with Gasteiger partial charge < -0.3 is 19.1 Å². The Bertz CT molecular complexity index is 1250. The molecule has 2 aliphatic heterocycles. The third-order valence-corrected chi connectivity index (χ3v) is 9.18. The van der Waals surface area contributed by atoms with Gasteiger partial charge in [0.2, 0.25) is 0 Å². The summed E-state index contributed by atoms with van der Waals surface area (Å²) in [7, 11) is -1.46. The van der Waals surface area contributed by atoms with Gasteiger partial charge in [-0.3, -0.25) is 19.7 Å². The number of nitrogens with one attached hydrogen (secondary N) is 1. The number of aromatic nitrogens is 2. The number of hydrogen-bond acceptors (Lipinski definition) is 11. The summed E-state index contributed by atoms with van der Waals surface area (Å²) in [5, 5.41) is 14.3. The van der Waals surface area contributed by atoms with E-state index in [2.05, 4.69) is 47.7 Å². The van der Waals surface area contributed by atoms with Gasteiger partial charge in [-0.15, -0.1) is 0 Å². The normalized spacial score (nSPS) is 21.6. The number of anilines is 2. The first kappa shape index (κ1) is 28.4. The fourth-order valence-electron chi connectivity index (χ4n) is 4.34. The molecule has 2 aromatic rings. The first-order valence-corrected chi connectivity index (χ1v) is 14.5. The first-order chi connectivity index (χ1) is 18.1. The highest BCUT2D eigenvalue weighted by atomic mass is 32.2. The van der Waals surface area contributed by atoms with Crippen LogP contribution in [0.5, 0.6) is 0 Å². The van der Waals surface area contributed by atoms with Gasteiger partial charge in [0.05, 0.1) is 27.7 Å². The van der Waals surface area contributed by atoms with Gasteiger partial charge in [0.1, 0.15) is 6.23 Å². The zero-order valence-electron chi connectivity index (χ0n) is 22.2. The van der Waals surface area contributed by atoms with E-state index in [1.165, 1.54) is 34.9 Å². The SMILES string of the molecule is CC/N=C/OP(O[C@@H]1C[C@H](n2cc3c(nc2=O)Nc2ccc([N+](=O)[O-])cc2S3)O[C@@H]1C)N(C(C)C)C(C)C. The minimum Gasteiger partial charge on any atom is -0.425 e. The van der Waals surface area contributed by atoms with Crippen molar-refractivity contribution in [1.82, 2.24) is 14.2 Å². The molecule has 0 amide bonds. The number of nitro benzene ring substituents is 1. The number of ether oxygens (including phenoxy) is 1. The van der Waals surface area contributed by atoms with Crippen LogP contribution < -0.4 is 11.0 Å². The van der Waals surface area contributed by atoms with Crippen molar-refractivity contribution >= 4 is 43.9 Å². The van der Waals surface area contributed by atoms with E-state index in [-0.39, 0.29) is 30.0 Å². The molecule has 206 valence electrons. The summed E-state index contributed by atoms with van der Waals surface area (Å²) in [5.74, 6) is 0.410. The molecule has 0 radical (unpaired) electrons. The fourth-order valence-corrected chi connectivity index (χ4v) is 7.00. The van der Waals surface area contributed by atoms with Crippen LogP contribution in [0.3, 0.4) is 0 Å². The Morgan fingerprint density at radius 3 is 2.76 bits per heavy atom. The third kappa shape index (κ3) is 6.18. The Morgan fingerprint density at radius 1 is 1.37 bits per heavy atom. The standard InChI is InChI=1S/C24H33N6O6PS/c1-7-25-13-34-37(29(14(2)3)15(4)5)36-19-11-22(35-16(19)6)28-12-21-23(27-24(28)31)26-18-9-8-17(30(32)33)10-20(18)38-21/h8-10,12-16,19,22H,7,11H2,1-6H3,(H,26,27,31)/b25-13+/t16-,19-,22-,37?/m1/s1. The van der Waals surface area contributed by atoms with E-state index in [9.17, 15) is 14.9 Å². The minimum atomic E-state index is -1.46. The van der Waals surface area contributed by atoms with Gasteiger partial charge in [-0.1, -0.05) is 11.8 Å². The molecule has 1 aromatic carbocycles. The zero-order chi connectivity index (χ0) is 27.6. The van der Waals surface area contributed by atoms with Gasteiger partial charge in [-0.25, -0.2) is 9.46 Å². The average Bonchev–Trinajstić information content (AvgIpc) is 3.21. The topological polar surface area (TPSA) is 133 Å². The van der Waals surface area contributed by atoms with Crippen LogP contribution in [0.4, 0.5) is 17.2 Å². The number of fused-ring (bicyclic) bond motifs is 2. The lowest BCUT2D eigenvalue weighted by atomic mass is 10.2. The van der Waals surface area contributed by atoms with Crippen molar-refractivity contribution in [2.75, 3.05) is 11.9 Å². The maximum absolute atomic E-state index is 13.0. The molecule has 1 N–H and O–H groups in total. The Hall–Kier alpha value is -2.57. The van der Waals surface area contributed by atoms with Crippen LogP contribution in [0.25, 0.3) is 0 Å². The predicted octanol–water partition coefficient (Wildman–Crippen LogP) is 5.46. The van der Waals surface area contributed by atoms with Crippen LogP contribution in [0, 0.1) is 10.1 Å². The highest BCUT2D eigenvalue weighted by molar-refractivity contribution is 7.99. The lowest BCUT2D eigenvalue weighted by Gasteiger charge is -2.36. The molecule has 2 aliphatic rings. The Morgan fingerprint density at radius 2 is 2.11 bits per heavy atom. The number of hydrogen-bond donors (Lipinski definition) is 1. The van der Waals surface area contributed by atoms with Crippen LogP contribution in [-0.2, 0) is 13.8 Å². The van der Waals surface area contributed by atoms with Crippen molar-refractivity contribution in [2.24, 2.45) is 4.99 Å². The number of nitrogens with zero attached hydrogens (tertiary/aromatic N) is 5. The maximum atomic E-state index is 13.0. The van der Waals surface area contributed by atoms with Crippen molar-refractivity contribution in [3.05, 3.63) is 45.0 Å². The smallest absolute Gasteiger partial charge is 0.351 e. The molecule has 1 fully saturated rings. The van der Waals surface area contributed by atoms with Gasteiger partial charge in [-0.2, -0.15) is 4.98 Å². The number of benzene rings is 1. The van der Waals surface area contributed by atoms with Crippen LogP contribution in [-0.4, -0.2) is 56.4 Å². The molecule has 3 heterocycles. The predicted molar refractivity (Wildman–Crippen MR) is 147 cm³/mol. The first-order valence-electron chi connectivity index (χ1n) is 12.5. The molecule has 1 aromatic heterocycles. The molecule has 1 unspecified atom stereocenters. The Balaban J connectivity index is 1.54. The van der Waals surface area contributed by atoms with Gasteiger partial charge >= 0.3 is 14.2 Å². The molecule has 1 saturated heterocycles. The summed E-state index contributed by atoms with van der Waals surface area (Å²) < 4.78 is 22.2. The summed E-state index contributed by atoms with van der Waals surface area (Å²) in [6, 6.07) is 4.89. The molecule has 4 rings (SSSR count). The number of aliphatic imine (C=N–C) groups is 1. The molecule has 0 bridgehead atoms. The Labute approximate surface area is 226 Å². The van der Waals surface area contributed by atoms with E-state index in [1.807, 2.05) is 13.8 Å². The van der Waals surface area contributed by atoms with Gasteiger partial charge in [-0.05, 0) is 47.6 Å². The molecule has 38 heavy (non-hydrogen) atoms. The second-order valence-electron chi connectivity index (χ2n) is 9.50. The summed E-state index contributed by atoms with van der Waals surface area (Å²) in [5.41, 5.74) is 0.201. The minimum absolute atomic E-state index is 0.00439. The maximum Gasteiger partial charge on any atom is 0.351 e. The Kier molecular flexibility index (Phi) is 9.04. The van der Waals surface area contributed by atoms with Crippen molar-refractivity contribution in [2.45, 2.75) is 88.3 Å². The van der Waals surface area contributed by atoms with Crippen LogP contribution >= 0.6 is 20.3 Å². The van der Waals surface area contributed by atoms with E-state index >= 15 is 0 Å². The number of non-ortho nitro benzene ring substituents is 1. The molecule has 4 atom stereocenters. The van der Waals surface area contributed by atoms with E-state index in [0.29, 0.717) is 34.3 Å². The van der Waals surface area contributed by atoms with Crippen molar-refractivity contribution < 1.29 is 18.7 Å². The molecule has 0 aliphatic carbocycles. The molecule has 12 nitrogen and oxygen atoms in total. The number of rotatable bonds is 10. The molecular weight excluding hydrogens is 531 g/mol. The average molecular weight is 565 g/mol. The van der Waals surface area contributed by atoms with E-state index in [1.54, 1.807) is 12.3 Å². The van der Waals surface area contributed by atoms with Crippen molar-refractivity contribution in [3.8, 4) is 0 Å². The second kappa shape index (κ2) is 12.1. The summed E-state index contributed by atoms with van der Waals surface area (Å²) in [4.78, 5) is 33.5. The summed E-state index contributed by atoms with van der Waals surface area (Å²) in [6.45, 7) is 12.8. The summed E-state index contributed by atoms with van der Waals surface area (Å²) in [6.07, 6.45) is 2.37. The summed E-state index contributed by atoms with van der Waals surface area (Å²) >= 11 is 1.32. The van der Waals surface area contributed by atoms with Gasteiger partial charge in [0.15, 0.2) is 12.2 Å². The lowest BCUT2D eigenvalue weighted by Crippen LogP contribution is -2.35. The van der Waals surface area contributed by atoms with Crippen molar-refractivity contribution in [1.29, 1.82) is 0 Å². The monoisotopic (exact) mass is 564 g/mol. The molecule has 14 heteroatoms. The molecule has 0 spiro atoms. The van der Waals surface area contributed by atoms with Gasteiger partial charge in [0, 0.05) is 48.3 Å². The molecule has 0 saturated carbocycles. The largest absolute Gasteiger partial charge is 0.425 e. The highest BCUT2D eigenvalue weighted by Crippen LogP contribution is 2.50. The van der Waals surface area contributed by atoms with Crippen LogP contribution in [0.2, 0.25) is 0 Å². The van der Waals surface area contributed by atoms with E-state index in [4.69, 9.17) is 13.8 Å². The third-order valence-electron chi connectivity index (χ3n) is 6.07. The van der Waals surface area contributed by atoms with Crippen molar-refractivity contribution in [3.63, 3.8) is 0 Å². The highest BCUT2D eigenvalue weighted by Gasteiger charge is 2.40. The zero-order valence-corrected chi connectivity index (χ0v) is 23.9. The quantitative estimate of drug-likeness (QED) is 0.111. The van der Waals surface area contributed by atoms with E-state index in [0.717, 1.165) is 0 Å². The fraction of sp³-hybridized carbons (Fsp3) is 0.542. The van der Waals surface area contributed by atoms with Gasteiger partial charge in [0.25, 0.3) is 5.69 Å². The van der Waals surface area contributed by atoms with Crippen LogP contribution in [0.1, 0.15) is 54.2 Å². The van der Waals surface area contributed by atoms with E-state index < -0.39 is 25.4 Å². The van der Waals surface area contributed by atoms with Crippen LogP contribution in [0.15, 0.2) is 44.0 Å². The molecular formula is C24H33N6O6PS. The second-order valence-corrected chi connectivity index (χ2v) is 11.9. The lowest BCUT2D eigenvalue weighted by molar-refractivity contribution is -0.385. The number of nitro groups is 1.